The molecule has 6 nitrogen and oxygen atoms in total. The van der Waals surface area contributed by atoms with Crippen molar-refractivity contribution in [1.82, 2.24) is 0 Å². The smallest absolute Gasteiger partial charge is 0.356 e. The van der Waals surface area contributed by atoms with E-state index in [9.17, 15) is 4.79 Å². The minimum atomic E-state index is -0.949. The zero-order chi connectivity index (χ0) is 9.07. The molecule has 0 saturated heterocycles. The lowest BCUT2D eigenvalue weighted by molar-refractivity contribution is 0.254. The van der Waals surface area contributed by atoms with Gasteiger partial charge in [-0.2, -0.15) is 5.11 Å². The molecule has 0 spiro atoms. The third-order valence-corrected chi connectivity index (χ3v) is 1.06. The number of rotatable bonds is 2. The maximum Gasteiger partial charge on any atom is 0.356 e. The van der Waals surface area contributed by atoms with E-state index in [4.69, 9.17) is 11.1 Å². The maximum absolute atomic E-state index is 10.1. The number of nitrogens with one attached hydrogen (secondary N) is 1. The molecule has 11 heavy (non-hydrogen) atoms. The summed E-state index contributed by atoms with van der Waals surface area (Å²) in [4.78, 5) is 10.1. The molecule has 2 amide bonds. The normalized spacial score (nSPS) is 11.8. The van der Waals surface area contributed by atoms with E-state index >= 15 is 0 Å². The van der Waals surface area contributed by atoms with Crippen LogP contribution in [0.4, 0.5) is 4.79 Å². The zero-order valence-corrected chi connectivity index (χ0v) is 6.46. The van der Waals surface area contributed by atoms with Gasteiger partial charge in [0, 0.05) is 0 Å². The van der Waals surface area contributed by atoms with Crippen molar-refractivity contribution in [3.63, 3.8) is 0 Å². The van der Waals surface area contributed by atoms with E-state index in [1.54, 1.807) is 13.8 Å². The molecule has 0 aromatic carbocycles. The van der Waals surface area contributed by atoms with Crippen molar-refractivity contribution in [3.05, 3.63) is 0 Å². The van der Waals surface area contributed by atoms with E-state index in [-0.39, 0.29) is 5.84 Å². The average Bonchev–Trinajstić information content (AvgIpc) is 1.84. The van der Waals surface area contributed by atoms with Crippen LogP contribution in [0.3, 0.4) is 0 Å². The van der Waals surface area contributed by atoms with E-state index in [1.165, 1.54) is 0 Å². The molecule has 0 rings (SSSR count). The second kappa shape index (κ2) is 3.09. The Balaban J connectivity index is 4.35. The van der Waals surface area contributed by atoms with E-state index in [1.807, 2.05) is 0 Å². The number of hydrogen-bond acceptors (Lipinski definition) is 3. The van der Waals surface area contributed by atoms with Gasteiger partial charge in [-0.05, 0) is 13.8 Å². The molecule has 0 aromatic rings. The van der Waals surface area contributed by atoms with Crippen LogP contribution >= 0.6 is 0 Å². The summed E-state index contributed by atoms with van der Waals surface area (Å²) in [7, 11) is 0. The highest BCUT2D eigenvalue weighted by Crippen LogP contribution is 2.07. The van der Waals surface area contributed by atoms with Crippen LogP contribution < -0.4 is 11.5 Å². The number of azo groups is 1. The zero-order valence-electron chi connectivity index (χ0n) is 6.46. The Morgan fingerprint density at radius 3 is 2.18 bits per heavy atom. The predicted molar refractivity (Wildman–Crippen MR) is 40.4 cm³/mol. The van der Waals surface area contributed by atoms with Gasteiger partial charge in [0.2, 0.25) is 0 Å². The van der Waals surface area contributed by atoms with E-state index < -0.39 is 11.6 Å². The van der Waals surface area contributed by atoms with Crippen LogP contribution in [0.1, 0.15) is 13.8 Å². The number of nitrogens with two attached hydrogens (primary N) is 2. The van der Waals surface area contributed by atoms with Gasteiger partial charge in [0.15, 0.2) is 0 Å². The fourth-order valence-corrected chi connectivity index (χ4v) is 0.228. The van der Waals surface area contributed by atoms with Crippen molar-refractivity contribution < 1.29 is 4.79 Å². The van der Waals surface area contributed by atoms with Crippen molar-refractivity contribution >= 4 is 11.9 Å². The van der Waals surface area contributed by atoms with Gasteiger partial charge in [0.25, 0.3) is 0 Å². The summed E-state index contributed by atoms with van der Waals surface area (Å²) in [5.41, 5.74) is 8.87. The Morgan fingerprint density at radius 2 is 1.91 bits per heavy atom. The summed E-state index contributed by atoms with van der Waals surface area (Å²) in [6, 6.07) is -0.890. The van der Waals surface area contributed by atoms with Crippen molar-refractivity contribution in [2.45, 2.75) is 19.4 Å². The number of amides is 2. The maximum atomic E-state index is 10.1. The molecule has 0 aliphatic carbocycles. The van der Waals surface area contributed by atoms with Gasteiger partial charge in [-0.1, -0.05) is 5.11 Å². The predicted octanol–water partition coefficient (Wildman–Crippen LogP) is 0.232. The Hall–Kier alpha value is -1.46. The monoisotopic (exact) mass is 157 g/mol. The highest BCUT2D eigenvalue weighted by Gasteiger charge is 2.20. The highest BCUT2D eigenvalue weighted by atomic mass is 16.2. The molecular weight excluding hydrogens is 146 g/mol. The van der Waals surface area contributed by atoms with Gasteiger partial charge in [0.1, 0.15) is 11.4 Å². The van der Waals surface area contributed by atoms with Crippen LogP contribution in [-0.2, 0) is 0 Å². The molecule has 0 aromatic heterocycles. The van der Waals surface area contributed by atoms with Crippen molar-refractivity contribution in [1.29, 1.82) is 5.41 Å². The van der Waals surface area contributed by atoms with E-state index in [0.29, 0.717) is 0 Å². The summed E-state index contributed by atoms with van der Waals surface area (Å²) < 4.78 is 0. The van der Waals surface area contributed by atoms with Gasteiger partial charge in [-0.25, -0.2) is 4.79 Å². The van der Waals surface area contributed by atoms with Gasteiger partial charge < -0.3 is 11.5 Å². The van der Waals surface area contributed by atoms with Gasteiger partial charge in [-0.3, -0.25) is 5.41 Å². The lowest BCUT2D eigenvalue weighted by Crippen LogP contribution is -2.35. The molecule has 0 aliphatic heterocycles. The van der Waals surface area contributed by atoms with Gasteiger partial charge >= 0.3 is 6.03 Å². The second-order valence-electron chi connectivity index (χ2n) is 2.51. The van der Waals surface area contributed by atoms with Crippen LogP contribution in [0.5, 0.6) is 0 Å². The molecule has 6 heteroatoms. The Labute approximate surface area is 64.2 Å². The first-order chi connectivity index (χ1) is 4.86. The van der Waals surface area contributed by atoms with Gasteiger partial charge in [-0.15, -0.1) is 0 Å². The SMILES string of the molecule is CC(C)(N=NC(N)=O)C(=N)N. The summed E-state index contributed by atoms with van der Waals surface area (Å²) in [5, 5.41) is 13.5. The molecule has 0 atom stereocenters. The minimum absolute atomic E-state index is 0.164. The molecule has 0 fully saturated rings. The minimum Gasteiger partial charge on any atom is -0.386 e. The first-order valence-electron chi connectivity index (χ1n) is 2.93. The van der Waals surface area contributed by atoms with Crippen molar-refractivity contribution in [2.75, 3.05) is 0 Å². The molecule has 0 bridgehead atoms. The first kappa shape index (κ1) is 9.54. The molecule has 0 saturated carbocycles. The molecule has 0 aliphatic rings. The number of primary amides is 1. The quantitative estimate of drug-likeness (QED) is 0.302. The third-order valence-electron chi connectivity index (χ3n) is 1.06. The number of hydrogen-bond donors (Lipinski definition) is 3. The van der Waals surface area contributed by atoms with Crippen molar-refractivity contribution in [2.24, 2.45) is 21.7 Å². The molecule has 62 valence electrons. The third kappa shape index (κ3) is 3.29. The second-order valence-corrected chi connectivity index (χ2v) is 2.51. The number of carbonyl (C=O) groups excluding carboxylic acids is 1. The Kier molecular flexibility index (Phi) is 2.68. The van der Waals surface area contributed by atoms with Crippen LogP contribution in [0.15, 0.2) is 10.2 Å². The fourth-order valence-electron chi connectivity index (χ4n) is 0.228. The first-order valence-corrected chi connectivity index (χ1v) is 2.93. The van der Waals surface area contributed by atoms with Crippen LogP contribution in [0.25, 0.3) is 0 Å². The standard InChI is InChI=1S/C5H11N5O/c1-5(2,3(6)7)10-9-4(8)11/h1-2H3,(H3,6,7)(H2,8,11). The van der Waals surface area contributed by atoms with Gasteiger partial charge in [0.05, 0.1) is 0 Å². The van der Waals surface area contributed by atoms with Crippen molar-refractivity contribution in [3.8, 4) is 0 Å². The largest absolute Gasteiger partial charge is 0.386 e. The summed E-state index contributed by atoms with van der Waals surface area (Å²) in [6.45, 7) is 3.11. The molecule has 5 N–H and O–H groups in total. The number of urea groups is 1. The number of amidine groups is 1. The lowest BCUT2D eigenvalue weighted by Gasteiger charge is -2.14. The average molecular weight is 157 g/mol. The topological polar surface area (TPSA) is 118 Å². The lowest BCUT2D eigenvalue weighted by atomic mass is 10.1. The number of nitrogens with zero attached hydrogens (tertiary/aromatic N) is 2. The Bertz CT molecular complexity index is 207. The fraction of sp³-hybridized carbons (Fsp3) is 0.600. The molecule has 0 unspecified atom stereocenters. The summed E-state index contributed by atoms with van der Waals surface area (Å²) in [5.74, 6) is -0.164. The summed E-state index contributed by atoms with van der Waals surface area (Å²) in [6.07, 6.45) is 0. The number of carbonyl (C=O) groups is 1. The van der Waals surface area contributed by atoms with E-state index in [2.05, 4.69) is 16.0 Å². The van der Waals surface area contributed by atoms with Crippen LogP contribution in [0, 0.1) is 5.41 Å². The van der Waals surface area contributed by atoms with Crippen LogP contribution in [0.2, 0.25) is 0 Å². The summed E-state index contributed by atoms with van der Waals surface area (Å²) >= 11 is 0. The van der Waals surface area contributed by atoms with Crippen LogP contribution in [-0.4, -0.2) is 17.4 Å². The van der Waals surface area contributed by atoms with E-state index in [0.717, 1.165) is 0 Å². The Morgan fingerprint density at radius 1 is 1.45 bits per heavy atom. The molecular formula is C5H11N5O. The molecule has 0 heterocycles. The highest BCUT2D eigenvalue weighted by molar-refractivity contribution is 5.86. The molecule has 0 radical (unpaired) electrons.